The van der Waals surface area contributed by atoms with E-state index in [9.17, 15) is 14.9 Å². The number of amides is 1. The number of carbonyl (C=O) groups excluding carboxylic acids is 1. The molecule has 114 valence electrons. The molecule has 0 radical (unpaired) electrons. The lowest BCUT2D eigenvalue weighted by Crippen LogP contribution is -2.50. The van der Waals surface area contributed by atoms with E-state index in [-0.39, 0.29) is 18.0 Å². The van der Waals surface area contributed by atoms with Crippen LogP contribution in [0, 0.1) is 11.3 Å². The molecule has 22 heavy (non-hydrogen) atoms. The second kappa shape index (κ2) is 5.89. The number of rotatable bonds is 3. The van der Waals surface area contributed by atoms with Crippen LogP contribution in [0.3, 0.4) is 0 Å². The first kappa shape index (κ1) is 14.7. The molecule has 0 aliphatic heterocycles. The van der Waals surface area contributed by atoms with Gasteiger partial charge in [0.15, 0.2) is 0 Å². The van der Waals surface area contributed by atoms with Gasteiger partial charge in [-0.05, 0) is 24.3 Å². The Morgan fingerprint density at radius 3 is 2.95 bits per heavy atom. The topological polar surface area (TPSA) is 87.8 Å². The fraction of sp³-hybridized carbons (Fsp3) is 0.467. The summed E-state index contributed by atoms with van der Waals surface area (Å²) in [6.45, 7) is -0.108. The Morgan fingerprint density at radius 2 is 2.23 bits per heavy atom. The van der Waals surface area contributed by atoms with Crippen LogP contribution in [0.25, 0.3) is 10.2 Å². The van der Waals surface area contributed by atoms with E-state index < -0.39 is 5.54 Å². The number of nitrogens with zero attached hydrogens (tertiary/aromatic N) is 3. The molecule has 0 saturated heterocycles. The van der Waals surface area contributed by atoms with Crippen molar-refractivity contribution in [2.75, 3.05) is 0 Å². The summed E-state index contributed by atoms with van der Waals surface area (Å²) in [7, 11) is 0. The zero-order chi connectivity index (χ0) is 15.6. The molecule has 1 amide bonds. The SMILES string of the molecule is N#CC1(NC(=O)Cn2cnc3ccsc3c2=O)CCCCC1. The molecule has 1 saturated carbocycles. The molecule has 0 unspecified atom stereocenters. The van der Waals surface area contributed by atoms with Gasteiger partial charge in [-0.15, -0.1) is 11.3 Å². The molecule has 0 spiro atoms. The van der Waals surface area contributed by atoms with E-state index in [0.717, 1.165) is 19.3 Å². The van der Waals surface area contributed by atoms with Gasteiger partial charge in [0.25, 0.3) is 5.56 Å². The molecule has 2 aromatic rings. The minimum Gasteiger partial charge on any atom is -0.336 e. The molecule has 3 rings (SSSR count). The Bertz CT molecular complexity index is 796. The Labute approximate surface area is 131 Å². The molecule has 0 bridgehead atoms. The minimum absolute atomic E-state index is 0.108. The molecule has 6 nitrogen and oxygen atoms in total. The second-order valence-corrected chi connectivity index (χ2v) is 6.53. The van der Waals surface area contributed by atoms with Gasteiger partial charge in [0.2, 0.25) is 5.91 Å². The Kier molecular flexibility index (Phi) is 3.94. The maximum atomic E-state index is 12.3. The van der Waals surface area contributed by atoms with Crippen molar-refractivity contribution in [3.63, 3.8) is 0 Å². The molecular formula is C15H16N4O2S. The summed E-state index contributed by atoms with van der Waals surface area (Å²) >= 11 is 1.31. The van der Waals surface area contributed by atoms with Crippen LogP contribution >= 0.6 is 11.3 Å². The summed E-state index contributed by atoms with van der Waals surface area (Å²) in [5.74, 6) is -0.316. The van der Waals surface area contributed by atoms with E-state index in [4.69, 9.17) is 0 Å². The molecule has 2 aromatic heterocycles. The highest BCUT2D eigenvalue weighted by atomic mass is 32.1. The van der Waals surface area contributed by atoms with Gasteiger partial charge in [-0.25, -0.2) is 4.98 Å². The van der Waals surface area contributed by atoms with Gasteiger partial charge < -0.3 is 5.32 Å². The van der Waals surface area contributed by atoms with E-state index >= 15 is 0 Å². The Balaban J connectivity index is 1.77. The van der Waals surface area contributed by atoms with E-state index in [1.807, 2.05) is 0 Å². The van der Waals surface area contributed by atoms with Gasteiger partial charge in [-0.2, -0.15) is 5.26 Å². The molecule has 1 aliphatic rings. The van der Waals surface area contributed by atoms with Crippen molar-refractivity contribution >= 4 is 27.5 Å². The lowest BCUT2D eigenvalue weighted by Gasteiger charge is -2.31. The van der Waals surface area contributed by atoms with Gasteiger partial charge >= 0.3 is 0 Å². The zero-order valence-electron chi connectivity index (χ0n) is 12.0. The quantitative estimate of drug-likeness (QED) is 0.935. The van der Waals surface area contributed by atoms with Crippen LogP contribution < -0.4 is 10.9 Å². The maximum absolute atomic E-state index is 12.3. The predicted molar refractivity (Wildman–Crippen MR) is 83.5 cm³/mol. The largest absolute Gasteiger partial charge is 0.336 e. The predicted octanol–water partition coefficient (Wildman–Crippen LogP) is 1.80. The minimum atomic E-state index is -0.778. The first-order valence-corrected chi connectivity index (χ1v) is 8.16. The van der Waals surface area contributed by atoms with Crippen molar-refractivity contribution in [3.05, 3.63) is 28.1 Å². The Morgan fingerprint density at radius 1 is 1.45 bits per heavy atom. The van der Waals surface area contributed by atoms with Crippen molar-refractivity contribution in [1.82, 2.24) is 14.9 Å². The van der Waals surface area contributed by atoms with E-state index in [0.29, 0.717) is 23.1 Å². The van der Waals surface area contributed by atoms with Gasteiger partial charge in [0.1, 0.15) is 16.8 Å². The van der Waals surface area contributed by atoms with Crippen molar-refractivity contribution in [1.29, 1.82) is 5.26 Å². The maximum Gasteiger partial charge on any atom is 0.271 e. The average molecular weight is 316 g/mol. The second-order valence-electron chi connectivity index (χ2n) is 5.62. The summed E-state index contributed by atoms with van der Waals surface area (Å²) in [6.07, 6.45) is 5.71. The molecule has 7 heteroatoms. The summed E-state index contributed by atoms with van der Waals surface area (Å²) in [4.78, 5) is 28.6. The molecule has 0 atom stereocenters. The number of thiophene rings is 1. The normalized spacial score (nSPS) is 17.0. The van der Waals surface area contributed by atoms with Crippen LogP contribution in [-0.4, -0.2) is 21.0 Å². The fourth-order valence-corrected chi connectivity index (χ4v) is 3.67. The molecular weight excluding hydrogens is 300 g/mol. The number of fused-ring (bicyclic) bond motifs is 1. The number of hydrogen-bond donors (Lipinski definition) is 1. The summed E-state index contributed by atoms with van der Waals surface area (Å²) < 4.78 is 1.84. The third-order valence-electron chi connectivity index (χ3n) is 4.05. The first-order chi connectivity index (χ1) is 10.6. The Hall–Kier alpha value is -2.20. The first-order valence-electron chi connectivity index (χ1n) is 7.28. The monoisotopic (exact) mass is 316 g/mol. The smallest absolute Gasteiger partial charge is 0.271 e. The summed E-state index contributed by atoms with van der Waals surface area (Å²) in [5, 5.41) is 14.0. The van der Waals surface area contributed by atoms with Gasteiger partial charge in [-0.1, -0.05) is 19.3 Å². The third kappa shape index (κ3) is 2.74. The van der Waals surface area contributed by atoms with Crippen LogP contribution in [0.15, 0.2) is 22.6 Å². The van der Waals surface area contributed by atoms with Crippen molar-refractivity contribution in [3.8, 4) is 6.07 Å². The number of aromatic nitrogens is 2. The lowest BCUT2D eigenvalue weighted by molar-refractivity contribution is -0.123. The highest BCUT2D eigenvalue weighted by Crippen LogP contribution is 2.27. The highest BCUT2D eigenvalue weighted by molar-refractivity contribution is 7.17. The highest BCUT2D eigenvalue weighted by Gasteiger charge is 2.33. The van der Waals surface area contributed by atoms with E-state index in [1.54, 1.807) is 11.4 Å². The van der Waals surface area contributed by atoms with Crippen LogP contribution in [0.5, 0.6) is 0 Å². The summed E-state index contributed by atoms with van der Waals surface area (Å²) in [5.41, 5.74) is -0.350. The van der Waals surface area contributed by atoms with Crippen molar-refractivity contribution in [2.24, 2.45) is 0 Å². The van der Waals surface area contributed by atoms with Crippen molar-refractivity contribution in [2.45, 2.75) is 44.2 Å². The molecule has 1 aliphatic carbocycles. The molecule has 1 fully saturated rings. The number of nitrogens with one attached hydrogen (secondary N) is 1. The van der Waals surface area contributed by atoms with E-state index in [2.05, 4.69) is 16.4 Å². The summed E-state index contributed by atoms with van der Waals surface area (Å²) in [6, 6.07) is 4.02. The fourth-order valence-electron chi connectivity index (χ4n) is 2.87. The number of nitriles is 1. The molecule has 2 heterocycles. The zero-order valence-corrected chi connectivity index (χ0v) is 12.9. The third-order valence-corrected chi connectivity index (χ3v) is 4.94. The van der Waals surface area contributed by atoms with Gasteiger partial charge in [0.05, 0.1) is 17.9 Å². The van der Waals surface area contributed by atoms with Gasteiger partial charge in [0, 0.05) is 0 Å². The van der Waals surface area contributed by atoms with Gasteiger partial charge in [-0.3, -0.25) is 14.2 Å². The number of hydrogen-bond acceptors (Lipinski definition) is 5. The number of carbonyl (C=O) groups is 1. The molecule has 0 aromatic carbocycles. The van der Waals surface area contributed by atoms with Crippen LogP contribution in [-0.2, 0) is 11.3 Å². The average Bonchev–Trinajstić information content (AvgIpc) is 3.00. The van der Waals surface area contributed by atoms with Crippen LogP contribution in [0.2, 0.25) is 0 Å². The van der Waals surface area contributed by atoms with Crippen molar-refractivity contribution < 1.29 is 4.79 Å². The standard InChI is InChI=1S/C15H16N4O2S/c16-9-15(5-2-1-3-6-15)18-12(20)8-19-10-17-11-4-7-22-13(11)14(19)21/h4,7,10H,1-3,5-6,8H2,(H,18,20). The van der Waals surface area contributed by atoms with Crippen LogP contribution in [0.1, 0.15) is 32.1 Å². The van der Waals surface area contributed by atoms with Crippen LogP contribution in [0.4, 0.5) is 0 Å². The molecule has 1 N–H and O–H groups in total. The lowest BCUT2D eigenvalue weighted by atomic mass is 9.83. The van der Waals surface area contributed by atoms with E-state index in [1.165, 1.54) is 22.2 Å².